The van der Waals surface area contributed by atoms with Crippen LogP contribution in [0.25, 0.3) is 5.57 Å². The van der Waals surface area contributed by atoms with Gasteiger partial charge in [0.05, 0.1) is 5.75 Å². The molecule has 0 aromatic heterocycles. The van der Waals surface area contributed by atoms with Crippen LogP contribution in [0.1, 0.15) is 12.5 Å². The van der Waals surface area contributed by atoms with Crippen molar-refractivity contribution in [2.24, 2.45) is 0 Å². The van der Waals surface area contributed by atoms with Crippen LogP contribution in [0.4, 0.5) is 0 Å². The van der Waals surface area contributed by atoms with Crippen LogP contribution in [0.15, 0.2) is 60.9 Å². The minimum absolute atomic E-state index is 0. The van der Waals surface area contributed by atoms with E-state index in [9.17, 15) is 0 Å². The Hall–Kier alpha value is -0.916. The molecule has 1 nitrogen and oxygen atoms in total. The van der Waals surface area contributed by atoms with Gasteiger partial charge in [-0.3, -0.25) is 0 Å². The van der Waals surface area contributed by atoms with Crippen molar-refractivity contribution in [1.29, 1.82) is 0 Å². The van der Waals surface area contributed by atoms with E-state index < -0.39 is 0 Å². The number of fused-ring (bicyclic) bond motifs is 1. The molecule has 17 heavy (non-hydrogen) atoms. The maximum atomic E-state index is 5.66. The molecule has 1 aliphatic heterocycles. The van der Waals surface area contributed by atoms with Crippen molar-refractivity contribution in [2.45, 2.75) is 6.92 Å². The summed E-state index contributed by atoms with van der Waals surface area (Å²) in [6.07, 6.45) is 10.8. The summed E-state index contributed by atoms with van der Waals surface area (Å²) in [4.78, 5) is 0. The third kappa shape index (κ3) is 3.27. The van der Waals surface area contributed by atoms with E-state index in [2.05, 4.69) is 12.7 Å². The van der Waals surface area contributed by atoms with Gasteiger partial charge in [0.1, 0.15) is 0 Å². The molecule has 2 heteroatoms. The van der Waals surface area contributed by atoms with Crippen LogP contribution in [-0.2, 0) is 32.7 Å². The summed E-state index contributed by atoms with van der Waals surface area (Å²) >= 11 is 0. The molecule has 0 saturated heterocycles. The van der Waals surface area contributed by atoms with Crippen LogP contribution in [0.2, 0.25) is 0 Å². The molecule has 0 spiro atoms. The van der Waals surface area contributed by atoms with Gasteiger partial charge >= 0.3 is 0 Å². The number of para-hydroxylation sites is 1. The van der Waals surface area contributed by atoms with Gasteiger partial charge in [-0.2, -0.15) is 0 Å². The van der Waals surface area contributed by atoms with Crippen LogP contribution in [-0.4, -0.2) is 0 Å². The molecule has 0 saturated carbocycles. The molecule has 83 valence electrons. The Morgan fingerprint density at radius 1 is 1.29 bits per heavy atom. The summed E-state index contributed by atoms with van der Waals surface area (Å²) in [5, 5.41) is 0. The SMILES string of the molecule is C=C/C=C/C1=[C-]/C(=C/C)Oc2ccccc21.[Y]. The predicted octanol–water partition coefficient (Wildman–Crippen LogP) is 3.91. The van der Waals surface area contributed by atoms with Crippen molar-refractivity contribution in [3.63, 3.8) is 0 Å². The molecule has 0 aliphatic carbocycles. The van der Waals surface area contributed by atoms with E-state index in [1.165, 1.54) is 0 Å². The van der Waals surface area contributed by atoms with Gasteiger partial charge in [0.25, 0.3) is 0 Å². The Balaban J connectivity index is 0.00000144. The fourth-order valence-electron chi connectivity index (χ4n) is 1.55. The van der Waals surface area contributed by atoms with E-state index >= 15 is 0 Å². The van der Waals surface area contributed by atoms with Crippen LogP contribution in [0, 0.1) is 6.08 Å². The minimum atomic E-state index is 0. The van der Waals surface area contributed by atoms with Gasteiger partial charge in [-0.15, -0.1) is 23.8 Å². The molecular formula is C15H13OY-. The summed E-state index contributed by atoms with van der Waals surface area (Å²) in [5.41, 5.74) is 2.08. The minimum Gasteiger partial charge on any atom is -0.486 e. The number of rotatable bonds is 2. The predicted molar refractivity (Wildman–Crippen MR) is 66.8 cm³/mol. The van der Waals surface area contributed by atoms with Gasteiger partial charge in [-0.25, -0.2) is 0 Å². The van der Waals surface area contributed by atoms with E-state index in [0.29, 0.717) is 0 Å². The molecule has 0 unspecified atom stereocenters. The van der Waals surface area contributed by atoms with Gasteiger partial charge in [-0.05, 0) is 6.07 Å². The van der Waals surface area contributed by atoms with Crippen molar-refractivity contribution in [1.82, 2.24) is 0 Å². The number of allylic oxidation sites excluding steroid dienone is 6. The third-order valence-corrected chi connectivity index (χ3v) is 2.32. The van der Waals surface area contributed by atoms with Crippen LogP contribution < -0.4 is 4.74 Å². The number of hydrogen-bond donors (Lipinski definition) is 0. The zero-order valence-corrected chi connectivity index (χ0v) is 12.6. The molecule has 0 atom stereocenters. The monoisotopic (exact) mass is 298 g/mol. The zero-order valence-electron chi connectivity index (χ0n) is 9.81. The van der Waals surface area contributed by atoms with Crippen molar-refractivity contribution < 1.29 is 37.4 Å². The molecule has 1 aromatic carbocycles. The first-order valence-electron chi connectivity index (χ1n) is 5.22. The largest absolute Gasteiger partial charge is 0.486 e. The fourth-order valence-corrected chi connectivity index (χ4v) is 1.55. The van der Waals surface area contributed by atoms with Crippen LogP contribution >= 0.6 is 0 Å². The Kier molecular flexibility index (Phi) is 5.60. The van der Waals surface area contributed by atoms with Crippen molar-refractivity contribution >= 4 is 5.57 Å². The normalized spacial score (nSPS) is 15.8. The molecule has 0 amide bonds. The van der Waals surface area contributed by atoms with Gasteiger partial charge in [0, 0.05) is 38.5 Å². The van der Waals surface area contributed by atoms with Crippen LogP contribution in [0.5, 0.6) is 5.75 Å². The van der Waals surface area contributed by atoms with Gasteiger partial charge in [0.2, 0.25) is 0 Å². The fraction of sp³-hybridized carbons (Fsp3) is 0.0667. The average molecular weight is 298 g/mol. The van der Waals surface area contributed by atoms with Crippen molar-refractivity contribution in [3.05, 3.63) is 72.5 Å². The maximum absolute atomic E-state index is 5.66. The maximum Gasteiger partial charge on any atom is 0.0914 e. The summed E-state index contributed by atoms with van der Waals surface area (Å²) in [7, 11) is 0. The first kappa shape index (κ1) is 14.1. The summed E-state index contributed by atoms with van der Waals surface area (Å²) in [5.74, 6) is 1.63. The molecule has 0 N–H and O–H groups in total. The summed E-state index contributed by atoms with van der Waals surface area (Å²) < 4.78 is 5.66. The number of benzene rings is 1. The molecule has 1 aromatic rings. The number of hydrogen-bond acceptors (Lipinski definition) is 1. The van der Waals surface area contributed by atoms with Crippen molar-refractivity contribution in [2.75, 3.05) is 0 Å². The van der Waals surface area contributed by atoms with E-state index in [1.807, 2.05) is 49.4 Å². The second kappa shape index (κ2) is 6.73. The smallest absolute Gasteiger partial charge is 0.0914 e. The Morgan fingerprint density at radius 3 is 2.76 bits per heavy atom. The molecule has 1 heterocycles. The quantitative estimate of drug-likeness (QED) is 0.594. The third-order valence-electron chi connectivity index (χ3n) is 2.32. The van der Waals surface area contributed by atoms with E-state index in [0.717, 1.165) is 22.6 Å². The first-order chi connectivity index (χ1) is 7.85. The molecule has 2 rings (SSSR count). The second-order valence-corrected chi connectivity index (χ2v) is 3.38. The summed E-state index contributed by atoms with van der Waals surface area (Å²) in [6.45, 7) is 5.60. The van der Waals surface area contributed by atoms with Crippen LogP contribution in [0.3, 0.4) is 0 Å². The topological polar surface area (TPSA) is 9.23 Å². The zero-order chi connectivity index (χ0) is 11.4. The Morgan fingerprint density at radius 2 is 2.06 bits per heavy atom. The van der Waals surface area contributed by atoms with Crippen molar-refractivity contribution in [3.8, 4) is 5.75 Å². The molecular weight excluding hydrogens is 285 g/mol. The Bertz CT molecular complexity index is 495. The second-order valence-electron chi connectivity index (χ2n) is 3.38. The number of ether oxygens (including phenoxy) is 1. The molecule has 1 aliphatic rings. The standard InChI is InChI=1S/C15H13O.Y/c1-3-5-8-12-11-13(4-2)16-15-10-7-6-9-14(12)15;/h3-10H,1H2,2H3;/q-1;/b8-5+,13-4-;. The van der Waals surface area contributed by atoms with E-state index in [4.69, 9.17) is 4.74 Å². The Labute approximate surface area is 127 Å². The average Bonchev–Trinajstić information content (AvgIpc) is 2.35. The molecule has 0 fully saturated rings. The molecule has 0 bridgehead atoms. The van der Waals surface area contributed by atoms with Gasteiger partial charge < -0.3 is 4.74 Å². The van der Waals surface area contributed by atoms with E-state index in [1.54, 1.807) is 6.08 Å². The summed E-state index contributed by atoms with van der Waals surface area (Å²) in [6, 6.07) is 7.94. The van der Waals surface area contributed by atoms with Gasteiger partial charge in [0.15, 0.2) is 0 Å². The first-order valence-corrected chi connectivity index (χ1v) is 5.22. The van der Waals surface area contributed by atoms with E-state index in [-0.39, 0.29) is 32.7 Å². The van der Waals surface area contributed by atoms with Gasteiger partial charge in [-0.1, -0.05) is 49.4 Å². The molecule has 1 radical (unpaired) electrons.